The van der Waals surface area contributed by atoms with Crippen LogP contribution in [0.3, 0.4) is 0 Å². The summed E-state index contributed by atoms with van der Waals surface area (Å²) in [7, 11) is 5.35. The average molecular weight is 314 g/mol. The molecule has 114 valence electrons. The van der Waals surface area contributed by atoms with Crippen LogP contribution in [0, 0.1) is 0 Å². The van der Waals surface area contributed by atoms with E-state index in [1.54, 1.807) is 25.6 Å². The Kier molecular flexibility index (Phi) is 4.15. The zero-order chi connectivity index (χ0) is 15.5. The van der Waals surface area contributed by atoms with Gasteiger partial charge >= 0.3 is 0 Å². The largest absolute Gasteiger partial charge is 0.493 e. The van der Waals surface area contributed by atoms with Crippen LogP contribution in [-0.2, 0) is 6.54 Å². The van der Waals surface area contributed by atoms with Crippen molar-refractivity contribution in [3.05, 3.63) is 47.5 Å². The van der Waals surface area contributed by atoms with Gasteiger partial charge in [0, 0.05) is 29.9 Å². The molecule has 0 aliphatic heterocycles. The fourth-order valence-corrected chi connectivity index (χ4v) is 3.29. The maximum Gasteiger partial charge on any atom is 0.161 e. The SMILES string of the molecule is COc1ccc(CN(C)c2nccc3sccc23)cc1OC. The Morgan fingerprint density at radius 2 is 1.91 bits per heavy atom. The van der Waals surface area contributed by atoms with Gasteiger partial charge in [-0.2, -0.15) is 0 Å². The normalized spacial score (nSPS) is 10.7. The molecule has 4 nitrogen and oxygen atoms in total. The Labute approximate surface area is 133 Å². The third kappa shape index (κ3) is 2.72. The van der Waals surface area contributed by atoms with Crippen molar-refractivity contribution in [2.24, 2.45) is 0 Å². The molecule has 0 radical (unpaired) electrons. The second-order valence-electron chi connectivity index (χ2n) is 5.01. The lowest BCUT2D eigenvalue weighted by molar-refractivity contribution is 0.354. The van der Waals surface area contributed by atoms with Crippen molar-refractivity contribution < 1.29 is 9.47 Å². The second-order valence-corrected chi connectivity index (χ2v) is 5.96. The fourth-order valence-electron chi connectivity index (χ4n) is 2.51. The first-order chi connectivity index (χ1) is 10.7. The van der Waals surface area contributed by atoms with Gasteiger partial charge in [-0.05, 0) is 35.2 Å². The van der Waals surface area contributed by atoms with Crippen molar-refractivity contribution in [1.29, 1.82) is 0 Å². The summed E-state index contributed by atoms with van der Waals surface area (Å²) in [4.78, 5) is 6.68. The van der Waals surface area contributed by atoms with Crippen LogP contribution in [0.4, 0.5) is 5.82 Å². The minimum absolute atomic E-state index is 0.743. The molecule has 0 amide bonds. The Morgan fingerprint density at radius 3 is 2.68 bits per heavy atom. The number of aromatic nitrogens is 1. The monoisotopic (exact) mass is 314 g/mol. The van der Waals surface area contributed by atoms with Crippen molar-refractivity contribution >= 4 is 27.2 Å². The Hall–Kier alpha value is -2.27. The zero-order valence-corrected chi connectivity index (χ0v) is 13.7. The number of pyridine rings is 1. The Morgan fingerprint density at radius 1 is 1.09 bits per heavy atom. The number of rotatable bonds is 5. The van der Waals surface area contributed by atoms with E-state index in [9.17, 15) is 0 Å². The van der Waals surface area contributed by atoms with E-state index in [2.05, 4.69) is 28.4 Å². The molecule has 0 aliphatic carbocycles. The van der Waals surface area contributed by atoms with E-state index < -0.39 is 0 Å². The summed E-state index contributed by atoms with van der Waals surface area (Å²) < 4.78 is 11.9. The zero-order valence-electron chi connectivity index (χ0n) is 12.9. The summed E-state index contributed by atoms with van der Waals surface area (Å²) in [5, 5.41) is 3.29. The van der Waals surface area contributed by atoms with Crippen molar-refractivity contribution in [3.8, 4) is 11.5 Å². The maximum atomic E-state index is 5.36. The number of ether oxygens (including phenoxy) is 2. The summed E-state index contributed by atoms with van der Waals surface area (Å²) in [6.45, 7) is 0.752. The number of nitrogens with zero attached hydrogens (tertiary/aromatic N) is 2. The summed E-state index contributed by atoms with van der Waals surface area (Å²) in [6.07, 6.45) is 1.86. The first-order valence-corrected chi connectivity index (χ1v) is 7.85. The molecule has 0 spiro atoms. The van der Waals surface area contributed by atoms with E-state index in [1.165, 1.54) is 10.1 Å². The first kappa shape index (κ1) is 14.7. The van der Waals surface area contributed by atoms with Gasteiger partial charge in [0.2, 0.25) is 0 Å². The van der Waals surface area contributed by atoms with Crippen LogP contribution in [-0.4, -0.2) is 26.3 Å². The summed E-state index contributed by atoms with van der Waals surface area (Å²) in [5.74, 6) is 2.48. The molecule has 0 aliphatic rings. The van der Waals surface area contributed by atoms with Crippen molar-refractivity contribution in [2.75, 3.05) is 26.2 Å². The number of fused-ring (bicyclic) bond motifs is 1. The molecule has 22 heavy (non-hydrogen) atoms. The van der Waals surface area contributed by atoms with E-state index in [0.717, 1.165) is 29.4 Å². The van der Waals surface area contributed by atoms with Gasteiger partial charge in [-0.1, -0.05) is 6.07 Å². The van der Waals surface area contributed by atoms with Crippen LogP contribution >= 0.6 is 11.3 Å². The van der Waals surface area contributed by atoms with Gasteiger partial charge < -0.3 is 14.4 Å². The van der Waals surface area contributed by atoms with Gasteiger partial charge in [-0.15, -0.1) is 11.3 Å². The number of anilines is 1. The van der Waals surface area contributed by atoms with Crippen LogP contribution < -0.4 is 14.4 Å². The molecule has 1 aromatic carbocycles. The standard InChI is InChI=1S/C17H18N2O2S/c1-19(17-13-7-9-22-16(13)6-8-18-17)11-12-4-5-14(20-2)15(10-12)21-3/h4-10H,11H2,1-3H3. The van der Waals surface area contributed by atoms with Crippen molar-refractivity contribution in [3.63, 3.8) is 0 Å². The van der Waals surface area contributed by atoms with E-state index in [4.69, 9.17) is 9.47 Å². The molecule has 5 heteroatoms. The average Bonchev–Trinajstić information content (AvgIpc) is 3.03. The highest BCUT2D eigenvalue weighted by molar-refractivity contribution is 7.17. The van der Waals surface area contributed by atoms with Gasteiger partial charge in [-0.3, -0.25) is 0 Å². The second kappa shape index (κ2) is 6.23. The van der Waals surface area contributed by atoms with Crippen LogP contribution in [0.2, 0.25) is 0 Å². The maximum absolute atomic E-state index is 5.36. The lowest BCUT2D eigenvalue weighted by atomic mass is 10.2. The lowest BCUT2D eigenvalue weighted by Gasteiger charge is -2.20. The molecular formula is C17H18N2O2S. The summed E-state index contributed by atoms with van der Waals surface area (Å²) in [6, 6.07) is 10.1. The van der Waals surface area contributed by atoms with Crippen molar-refractivity contribution in [1.82, 2.24) is 4.98 Å². The van der Waals surface area contributed by atoms with Gasteiger partial charge in [0.15, 0.2) is 11.5 Å². The van der Waals surface area contributed by atoms with E-state index >= 15 is 0 Å². The van der Waals surface area contributed by atoms with Crippen LogP contribution in [0.15, 0.2) is 41.9 Å². The minimum Gasteiger partial charge on any atom is -0.493 e. The molecule has 0 fully saturated rings. The number of methoxy groups -OCH3 is 2. The number of thiophene rings is 1. The Bertz CT molecular complexity index is 785. The van der Waals surface area contributed by atoms with Gasteiger partial charge in [0.05, 0.1) is 14.2 Å². The quantitative estimate of drug-likeness (QED) is 0.714. The molecular weight excluding hydrogens is 296 g/mol. The number of hydrogen-bond acceptors (Lipinski definition) is 5. The van der Waals surface area contributed by atoms with Crippen LogP contribution in [0.5, 0.6) is 11.5 Å². The third-order valence-corrected chi connectivity index (χ3v) is 4.47. The van der Waals surface area contributed by atoms with E-state index in [-0.39, 0.29) is 0 Å². The highest BCUT2D eigenvalue weighted by Crippen LogP contribution is 2.31. The molecule has 0 atom stereocenters. The third-order valence-electron chi connectivity index (χ3n) is 3.59. The molecule has 0 unspecified atom stereocenters. The van der Waals surface area contributed by atoms with Gasteiger partial charge in [0.25, 0.3) is 0 Å². The number of benzene rings is 1. The predicted molar refractivity (Wildman–Crippen MR) is 91.3 cm³/mol. The predicted octanol–water partition coefficient (Wildman–Crippen LogP) is 3.95. The van der Waals surface area contributed by atoms with Gasteiger partial charge in [-0.25, -0.2) is 4.98 Å². The van der Waals surface area contributed by atoms with Crippen LogP contribution in [0.1, 0.15) is 5.56 Å². The molecule has 2 aromatic heterocycles. The Balaban J connectivity index is 1.88. The highest BCUT2D eigenvalue weighted by atomic mass is 32.1. The summed E-state index contributed by atoms with van der Waals surface area (Å²) in [5.41, 5.74) is 1.15. The van der Waals surface area contributed by atoms with E-state index in [1.807, 2.05) is 30.5 Å². The fraction of sp³-hybridized carbons (Fsp3) is 0.235. The molecule has 0 bridgehead atoms. The molecule has 2 heterocycles. The first-order valence-electron chi connectivity index (χ1n) is 6.97. The summed E-state index contributed by atoms with van der Waals surface area (Å²) >= 11 is 1.73. The molecule has 3 rings (SSSR count). The van der Waals surface area contributed by atoms with Crippen LogP contribution in [0.25, 0.3) is 10.1 Å². The molecule has 0 saturated heterocycles. The number of hydrogen-bond donors (Lipinski definition) is 0. The van der Waals surface area contributed by atoms with Crippen molar-refractivity contribution in [2.45, 2.75) is 6.54 Å². The minimum atomic E-state index is 0.743. The molecule has 0 saturated carbocycles. The topological polar surface area (TPSA) is 34.6 Å². The van der Waals surface area contributed by atoms with Gasteiger partial charge in [0.1, 0.15) is 5.82 Å². The smallest absolute Gasteiger partial charge is 0.161 e. The molecule has 3 aromatic rings. The molecule has 0 N–H and O–H groups in total. The van der Waals surface area contributed by atoms with E-state index in [0.29, 0.717) is 0 Å². The lowest BCUT2D eigenvalue weighted by Crippen LogP contribution is -2.17. The highest BCUT2D eigenvalue weighted by Gasteiger charge is 2.11.